The Labute approximate surface area is 95.0 Å². The van der Waals surface area contributed by atoms with Gasteiger partial charge in [-0.15, -0.1) is 0 Å². The molecule has 1 aromatic heterocycles. The first-order valence-corrected chi connectivity index (χ1v) is 6.41. The van der Waals surface area contributed by atoms with Gasteiger partial charge >= 0.3 is 0 Å². The molecule has 1 heterocycles. The molecule has 0 radical (unpaired) electrons. The monoisotopic (exact) mass is 247 g/mol. The van der Waals surface area contributed by atoms with Crippen LogP contribution in [0.5, 0.6) is 0 Å². The molecule has 0 aliphatic carbocycles. The first-order valence-electron chi connectivity index (χ1n) is 4.92. The number of rotatable bonds is 6. The lowest BCUT2D eigenvalue weighted by atomic mass is 10.2. The number of nitrogens with one attached hydrogen (secondary N) is 3. The fourth-order valence-electron chi connectivity index (χ4n) is 0.962. The summed E-state index contributed by atoms with van der Waals surface area (Å²) in [7, 11) is -3.47. The summed E-state index contributed by atoms with van der Waals surface area (Å²) in [5.41, 5.74) is 6.14. The van der Waals surface area contributed by atoms with E-state index in [1.54, 1.807) is 0 Å². The molecular weight excluding hydrogens is 230 g/mol. The number of hydrogen-bond donors (Lipinski definition) is 4. The second-order valence-corrected chi connectivity index (χ2v) is 5.46. The van der Waals surface area contributed by atoms with Crippen LogP contribution in [0.3, 0.4) is 0 Å². The molecule has 0 aliphatic heterocycles. The van der Waals surface area contributed by atoms with E-state index in [0.717, 1.165) is 0 Å². The van der Waals surface area contributed by atoms with Crippen LogP contribution in [0.2, 0.25) is 0 Å². The number of H-pyrrole nitrogens is 1. The van der Waals surface area contributed by atoms with Crippen LogP contribution in [0, 0.1) is 5.92 Å². The largest absolute Gasteiger partial charge is 0.384 e. The van der Waals surface area contributed by atoms with Crippen molar-refractivity contribution < 1.29 is 8.42 Å². The second kappa shape index (κ2) is 5.28. The number of nitrogen functional groups attached to an aromatic ring is 1. The number of nitrogens with zero attached hydrogens (tertiary/aromatic N) is 1. The third kappa shape index (κ3) is 4.17. The molecule has 16 heavy (non-hydrogen) atoms. The number of nitrogens with two attached hydrogens (primary N) is 1. The van der Waals surface area contributed by atoms with Crippen LogP contribution in [0.25, 0.3) is 0 Å². The summed E-state index contributed by atoms with van der Waals surface area (Å²) in [6.45, 7) is 4.37. The maximum Gasteiger partial charge on any atom is 0.277 e. The van der Waals surface area contributed by atoms with Gasteiger partial charge in [-0.2, -0.15) is 18.2 Å². The summed E-state index contributed by atoms with van der Waals surface area (Å²) in [5, 5.41) is 6.22. The van der Waals surface area contributed by atoms with Crippen molar-refractivity contribution in [3.8, 4) is 0 Å². The van der Waals surface area contributed by atoms with Crippen LogP contribution in [-0.4, -0.2) is 25.2 Å². The minimum absolute atomic E-state index is 0.121. The fourth-order valence-corrected chi connectivity index (χ4v) is 1.96. The minimum Gasteiger partial charge on any atom is -0.384 e. The quantitative estimate of drug-likeness (QED) is 0.546. The van der Waals surface area contributed by atoms with Gasteiger partial charge in [0, 0.05) is 18.7 Å². The Bertz CT molecular complexity index is 425. The molecule has 0 spiro atoms. The Hall–Kier alpha value is -1.12. The molecule has 1 aromatic rings. The highest BCUT2D eigenvalue weighted by Gasteiger charge is 2.11. The Balaban J connectivity index is 2.45. The third-order valence-electron chi connectivity index (χ3n) is 1.89. The average molecular weight is 247 g/mol. The van der Waals surface area contributed by atoms with Gasteiger partial charge in [0.2, 0.25) is 0 Å². The molecule has 0 fully saturated rings. The molecule has 92 valence electrons. The maximum absolute atomic E-state index is 11.4. The van der Waals surface area contributed by atoms with Crippen molar-refractivity contribution in [1.29, 1.82) is 0 Å². The molecule has 5 N–H and O–H groups in total. The van der Waals surface area contributed by atoms with E-state index >= 15 is 0 Å². The summed E-state index contributed by atoms with van der Waals surface area (Å²) in [6.07, 6.45) is 1.49. The fraction of sp³-hybridized carbons (Fsp3) is 0.625. The van der Waals surface area contributed by atoms with Gasteiger partial charge in [-0.3, -0.25) is 5.10 Å². The predicted molar refractivity (Wildman–Crippen MR) is 61.6 cm³/mol. The number of hydrogen-bond acceptors (Lipinski definition) is 4. The van der Waals surface area contributed by atoms with Crippen molar-refractivity contribution in [3.05, 3.63) is 11.8 Å². The SMILES string of the molecule is CC(C)CNS(=O)(=O)NCc1cn[nH]c1N. The molecule has 0 saturated carbocycles. The zero-order chi connectivity index (χ0) is 12.2. The van der Waals surface area contributed by atoms with Crippen molar-refractivity contribution >= 4 is 16.0 Å². The molecule has 1 rings (SSSR count). The van der Waals surface area contributed by atoms with Crippen molar-refractivity contribution in [3.63, 3.8) is 0 Å². The van der Waals surface area contributed by atoms with Crippen LogP contribution in [0.4, 0.5) is 5.82 Å². The Morgan fingerprint density at radius 1 is 1.50 bits per heavy atom. The number of anilines is 1. The summed E-state index contributed by atoms with van der Waals surface area (Å²) < 4.78 is 27.7. The lowest BCUT2D eigenvalue weighted by Gasteiger charge is -2.09. The molecule has 8 heteroatoms. The van der Waals surface area contributed by atoms with Gasteiger partial charge < -0.3 is 5.73 Å². The molecule has 0 bridgehead atoms. The van der Waals surface area contributed by atoms with E-state index in [2.05, 4.69) is 19.6 Å². The van der Waals surface area contributed by atoms with E-state index in [-0.39, 0.29) is 12.5 Å². The zero-order valence-corrected chi connectivity index (χ0v) is 10.1. The van der Waals surface area contributed by atoms with Crippen LogP contribution >= 0.6 is 0 Å². The molecule has 0 atom stereocenters. The van der Waals surface area contributed by atoms with Crippen LogP contribution in [0.1, 0.15) is 19.4 Å². The average Bonchev–Trinajstić information content (AvgIpc) is 2.59. The van der Waals surface area contributed by atoms with E-state index < -0.39 is 10.2 Å². The Morgan fingerprint density at radius 2 is 2.19 bits per heavy atom. The number of aromatic nitrogens is 2. The molecule has 0 amide bonds. The standard InChI is InChI=1S/C8H17N5O2S/c1-6(2)3-11-16(14,15)12-5-7-4-10-13-8(7)9/h4,6,11-12H,3,5H2,1-2H3,(H3,9,10,13). The predicted octanol–water partition coefficient (Wildman–Crippen LogP) is -0.428. The van der Waals surface area contributed by atoms with Crippen molar-refractivity contribution in [2.24, 2.45) is 5.92 Å². The normalized spacial score (nSPS) is 12.2. The second-order valence-electron chi connectivity index (χ2n) is 3.88. The third-order valence-corrected chi connectivity index (χ3v) is 2.96. The summed E-state index contributed by atoms with van der Waals surface area (Å²) in [5.74, 6) is 0.627. The van der Waals surface area contributed by atoms with Crippen molar-refractivity contribution in [2.75, 3.05) is 12.3 Å². The van der Waals surface area contributed by atoms with Crippen molar-refractivity contribution in [2.45, 2.75) is 20.4 Å². The summed E-state index contributed by atoms with van der Waals surface area (Å²) in [4.78, 5) is 0. The molecular formula is C8H17N5O2S. The first kappa shape index (κ1) is 12.9. The minimum atomic E-state index is -3.47. The first-order chi connectivity index (χ1) is 7.41. The Morgan fingerprint density at radius 3 is 2.69 bits per heavy atom. The van der Waals surface area contributed by atoms with E-state index in [0.29, 0.717) is 17.9 Å². The van der Waals surface area contributed by atoms with E-state index in [4.69, 9.17) is 5.73 Å². The van der Waals surface area contributed by atoms with E-state index in [1.807, 2.05) is 13.8 Å². The number of aromatic amines is 1. The van der Waals surface area contributed by atoms with Crippen LogP contribution < -0.4 is 15.2 Å². The van der Waals surface area contributed by atoms with Crippen molar-refractivity contribution in [1.82, 2.24) is 19.6 Å². The molecule has 7 nitrogen and oxygen atoms in total. The van der Waals surface area contributed by atoms with Crippen LogP contribution in [-0.2, 0) is 16.8 Å². The lowest BCUT2D eigenvalue weighted by molar-refractivity contribution is 0.547. The van der Waals surface area contributed by atoms with E-state index in [1.165, 1.54) is 6.20 Å². The highest BCUT2D eigenvalue weighted by Crippen LogP contribution is 2.05. The lowest BCUT2D eigenvalue weighted by Crippen LogP contribution is -2.38. The van der Waals surface area contributed by atoms with Gasteiger partial charge in [0.25, 0.3) is 10.2 Å². The summed E-state index contributed by atoms with van der Waals surface area (Å²) in [6, 6.07) is 0. The topological polar surface area (TPSA) is 113 Å². The van der Waals surface area contributed by atoms with Crippen LogP contribution in [0.15, 0.2) is 6.20 Å². The van der Waals surface area contributed by atoms with Gasteiger partial charge in [0.1, 0.15) is 5.82 Å². The van der Waals surface area contributed by atoms with Gasteiger partial charge in [0.15, 0.2) is 0 Å². The smallest absolute Gasteiger partial charge is 0.277 e. The molecule has 0 unspecified atom stereocenters. The zero-order valence-electron chi connectivity index (χ0n) is 9.32. The molecule has 0 aliphatic rings. The maximum atomic E-state index is 11.4. The van der Waals surface area contributed by atoms with Gasteiger partial charge in [-0.1, -0.05) is 13.8 Å². The molecule has 0 aromatic carbocycles. The highest BCUT2D eigenvalue weighted by molar-refractivity contribution is 7.87. The summed E-state index contributed by atoms with van der Waals surface area (Å²) >= 11 is 0. The van der Waals surface area contributed by atoms with Gasteiger partial charge in [-0.05, 0) is 5.92 Å². The molecule has 0 saturated heterocycles. The van der Waals surface area contributed by atoms with E-state index in [9.17, 15) is 8.42 Å². The highest BCUT2D eigenvalue weighted by atomic mass is 32.2. The van der Waals surface area contributed by atoms with Gasteiger partial charge in [-0.25, -0.2) is 4.72 Å². The van der Waals surface area contributed by atoms with Gasteiger partial charge in [0.05, 0.1) is 6.20 Å². The Kier molecular flexibility index (Phi) is 4.27.